The zero-order valence-corrected chi connectivity index (χ0v) is 20.2. The van der Waals surface area contributed by atoms with Gasteiger partial charge in [-0.1, -0.05) is 17.7 Å². The van der Waals surface area contributed by atoms with E-state index in [4.69, 9.17) is 16.3 Å². The van der Waals surface area contributed by atoms with Crippen LogP contribution in [0.3, 0.4) is 0 Å². The molecular formula is C26H31ClN4O2. The lowest BCUT2D eigenvalue weighted by Crippen LogP contribution is -2.48. The minimum absolute atomic E-state index is 0.0447. The molecule has 1 aliphatic rings. The van der Waals surface area contributed by atoms with Gasteiger partial charge in [0, 0.05) is 61.4 Å². The van der Waals surface area contributed by atoms with Crippen molar-refractivity contribution in [3.8, 4) is 17.0 Å². The van der Waals surface area contributed by atoms with Crippen molar-refractivity contribution in [3.63, 3.8) is 0 Å². The van der Waals surface area contributed by atoms with E-state index in [1.807, 2.05) is 49.4 Å². The van der Waals surface area contributed by atoms with Crippen LogP contribution in [0.1, 0.15) is 21.6 Å². The Hall–Kier alpha value is -2.96. The Morgan fingerprint density at radius 2 is 1.82 bits per heavy atom. The molecule has 3 aromatic rings. The van der Waals surface area contributed by atoms with Crippen LogP contribution >= 0.6 is 11.6 Å². The minimum Gasteiger partial charge on any atom is -0.497 e. The number of amides is 1. The summed E-state index contributed by atoms with van der Waals surface area (Å²) >= 11 is 6.29. The van der Waals surface area contributed by atoms with Gasteiger partial charge in [0.2, 0.25) is 0 Å². The number of anilines is 1. The van der Waals surface area contributed by atoms with E-state index >= 15 is 0 Å². The summed E-state index contributed by atoms with van der Waals surface area (Å²) in [5, 5.41) is 3.89. The molecule has 0 spiro atoms. The SMILES string of the molecule is COc1ccc(-c2cc(C(=O)NCCN3CCN(c4cccc(Cl)c4C)CC3)c(C)[nH]2)cc1. The third kappa shape index (κ3) is 5.34. The highest BCUT2D eigenvalue weighted by molar-refractivity contribution is 6.31. The van der Waals surface area contributed by atoms with Gasteiger partial charge in [-0.15, -0.1) is 0 Å². The highest BCUT2D eigenvalue weighted by Crippen LogP contribution is 2.27. The third-order valence-corrected chi connectivity index (χ3v) is 6.74. The van der Waals surface area contributed by atoms with Crippen molar-refractivity contribution < 1.29 is 9.53 Å². The van der Waals surface area contributed by atoms with Gasteiger partial charge in [0.1, 0.15) is 5.75 Å². The van der Waals surface area contributed by atoms with Crippen LogP contribution in [0.15, 0.2) is 48.5 Å². The molecule has 0 bridgehead atoms. The lowest BCUT2D eigenvalue weighted by Gasteiger charge is -2.37. The second-order valence-electron chi connectivity index (χ2n) is 8.42. The van der Waals surface area contributed by atoms with Crippen LogP contribution in [0.25, 0.3) is 11.3 Å². The fourth-order valence-electron chi connectivity index (χ4n) is 4.29. The Morgan fingerprint density at radius 1 is 1.09 bits per heavy atom. The first-order chi connectivity index (χ1) is 16.0. The molecule has 0 saturated carbocycles. The molecule has 0 aliphatic carbocycles. The lowest BCUT2D eigenvalue weighted by molar-refractivity contribution is 0.0947. The second kappa shape index (κ2) is 10.3. The first-order valence-corrected chi connectivity index (χ1v) is 11.7. The van der Waals surface area contributed by atoms with Crippen molar-refractivity contribution in [1.82, 2.24) is 15.2 Å². The number of H-pyrrole nitrogens is 1. The van der Waals surface area contributed by atoms with E-state index < -0.39 is 0 Å². The van der Waals surface area contributed by atoms with E-state index in [2.05, 4.69) is 33.1 Å². The average molecular weight is 467 g/mol. The number of nitrogens with one attached hydrogen (secondary N) is 2. The van der Waals surface area contributed by atoms with Crippen molar-refractivity contribution in [2.75, 3.05) is 51.3 Å². The van der Waals surface area contributed by atoms with E-state index in [0.29, 0.717) is 12.1 Å². The summed E-state index contributed by atoms with van der Waals surface area (Å²) in [6.07, 6.45) is 0. The number of aromatic nitrogens is 1. The maximum Gasteiger partial charge on any atom is 0.253 e. The van der Waals surface area contributed by atoms with E-state index in [1.54, 1.807) is 7.11 Å². The zero-order valence-electron chi connectivity index (χ0n) is 19.5. The van der Waals surface area contributed by atoms with Crippen LogP contribution in [-0.2, 0) is 0 Å². The molecule has 33 heavy (non-hydrogen) atoms. The van der Waals surface area contributed by atoms with Gasteiger partial charge < -0.3 is 19.9 Å². The van der Waals surface area contributed by atoms with Crippen LogP contribution < -0.4 is 15.0 Å². The molecule has 1 aliphatic heterocycles. The number of hydrogen-bond donors (Lipinski definition) is 2. The molecule has 4 rings (SSSR count). The quantitative estimate of drug-likeness (QED) is 0.537. The number of nitrogens with zero attached hydrogens (tertiary/aromatic N) is 2. The molecule has 1 saturated heterocycles. The van der Waals surface area contributed by atoms with Crippen LogP contribution in [0, 0.1) is 13.8 Å². The first kappa shape index (κ1) is 23.2. The number of piperazine rings is 1. The second-order valence-corrected chi connectivity index (χ2v) is 8.83. The molecular weight excluding hydrogens is 436 g/mol. The number of carbonyl (C=O) groups is 1. The Kier molecular flexibility index (Phi) is 7.26. The lowest BCUT2D eigenvalue weighted by atomic mass is 10.1. The number of benzene rings is 2. The molecule has 6 nitrogen and oxygen atoms in total. The van der Waals surface area contributed by atoms with Gasteiger partial charge in [0.05, 0.1) is 12.7 Å². The van der Waals surface area contributed by atoms with E-state index in [0.717, 1.165) is 66.0 Å². The highest BCUT2D eigenvalue weighted by atomic mass is 35.5. The Balaban J connectivity index is 1.27. The maximum absolute atomic E-state index is 12.8. The van der Waals surface area contributed by atoms with Gasteiger partial charge in [0.25, 0.3) is 5.91 Å². The van der Waals surface area contributed by atoms with Gasteiger partial charge in [-0.25, -0.2) is 0 Å². The van der Waals surface area contributed by atoms with Gasteiger partial charge in [-0.3, -0.25) is 9.69 Å². The fourth-order valence-corrected chi connectivity index (χ4v) is 4.46. The predicted octanol–water partition coefficient (Wildman–Crippen LogP) is 4.51. The smallest absolute Gasteiger partial charge is 0.253 e. The van der Waals surface area contributed by atoms with Crippen LogP contribution in [-0.4, -0.2) is 62.2 Å². The van der Waals surface area contributed by atoms with Crippen LogP contribution in [0.5, 0.6) is 5.75 Å². The normalized spacial score (nSPS) is 14.4. The predicted molar refractivity (Wildman–Crippen MR) is 135 cm³/mol. The van der Waals surface area contributed by atoms with Gasteiger partial charge >= 0.3 is 0 Å². The van der Waals surface area contributed by atoms with E-state index in [9.17, 15) is 4.79 Å². The largest absolute Gasteiger partial charge is 0.497 e. The van der Waals surface area contributed by atoms with Gasteiger partial charge in [-0.2, -0.15) is 0 Å². The van der Waals surface area contributed by atoms with Crippen molar-refractivity contribution in [2.24, 2.45) is 0 Å². The third-order valence-electron chi connectivity index (χ3n) is 6.33. The molecule has 1 amide bonds. The number of rotatable bonds is 7. The summed E-state index contributed by atoms with van der Waals surface area (Å²) in [5.74, 6) is 0.764. The van der Waals surface area contributed by atoms with Gasteiger partial charge in [0.15, 0.2) is 0 Å². The van der Waals surface area contributed by atoms with Gasteiger partial charge in [-0.05, 0) is 67.4 Å². The molecule has 2 aromatic carbocycles. The summed E-state index contributed by atoms with van der Waals surface area (Å²) in [6, 6.07) is 15.8. The number of methoxy groups -OCH3 is 1. The van der Waals surface area contributed by atoms with E-state index in [1.165, 1.54) is 5.69 Å². The molecule has 1 aromatic heterocycles. The Morgan fingerprint density at radius 3 is 2.52 bits per heavy atom. The number of aryl methyl sites for hydroxylation is 1. The van der Waals surface area contributed by atoms with Crippen molar-refractivity contribution in [1.29, 1.82) is 0 Å². The number of carbonyl (C=O) groups excluding carboxylic acids is 1. The topological polar surface area (TPSA) is 60.6 Å². The standard InChI is InChI=1S/C26H31ClN4O2/c1-18-23(27)5-4-6-25(18)31-15-13-30(14-16-31)12-11-28-26(32)22-17-24(29-19(22)2)20-7-9-21(33-3)10-8-20/h4-10,17,29H,11-16H2,1-3H3,(H,28,32). The Bertz CT molecular complexity index is 1100. The first-order valence-electron chi connectivity index (χ1n) is 11.3. The molecule has 1 fully saturated rings. The summed E-state index contributed by atoms with van der Waals surface area (Å²) in [5.41, 5.74) is 5.84. The average Bonchev–Trinajstić information content (AvgIpc) is 3.23. The van der Waals surface area contributed by atoms with Crippen LogP contribution in [0.2, 0.25) is 5.02 Å². The monoisotopic (exact) mass is 466 g/mol. The number of halogens is 1. The zero-order chi connectivity index (χ0) is 23.4. The summed E-state index contributed by atoms with van der Waals surface area (Å²) in [6.45, 7) is 9.30. The maximum atomic E-state index is 12.8. The molecule has 0 radical (unpaired) electrons. The highest BCUT2D eigenvalue weighted by Gasteiger charge is 2.19. The molecule has 0 atom stereocenters. The number of ether oxygens (including phenoxy) is 1. The molecule has 2 heterocycles. The van der Waals surface area contributed by atoms with Crippen molar-refractivity contribution >= 4 is 23.2 Å². The summed E-state index contributed by atoms with van der Waals surface area (Å²) in [7, 11) is 1.65. The van der Waals surface area contributed by atoms with E-state index in [-0.39, 0.29) is 5.91 Å². The summed E-state index contributed by atoms with van der Waals surface area (Å²) < 4.78 is 5.22. The van der Waals surface area contributed by atoms with Crippen molar-refractivity contribution in [3.05, 3.63) is 70.4 Å². The molecule has 2 N–H and O–H groups in total. The molecule has 0 unspecified atom stereocenters. The van der Waals surface area contributed by atoms with Crippen molar-refractivity contribution in [2.45, 2.75) is 13.8 Å². The van der Waals surface area contributed by atoms with Crippen LogP contribution in [0.4, 0.5) is 5.69 Å². The molecule has 7 heteroatoms. The molecule has 174 valence electrons. The minimum atomic E-state index is -0.0447. The number of aromatic amines is 1. The Labute approximate surface area is 200 Å². The fraction of sp³-hybridized carbons (Fsp3) is 0.346. The summed E-state index contributed by atoms with van der Waals surface area (Å²) in [4.78, 5) is 20.9. The number of hydrogen-bond acceptors (Lipinski definition) is 4.